The Hall–Kier alpha value is -0.120. The van der Waals surface area contributed by atoms with Crippen molar-refractivity contribution < 1.29 is 4.74 Å². The highest BCUT2D eigenvalue weighted by Crippen LogP contribution is 2.39. The van der Waals surface area contributed by atoms with Crippen molar-refractivity contribution in [2.45, 2.75) is 58.9 Å². The van der Waals surface area contributed by atoms with E-state index in [-0.39, 0.29) is 0 Å². The first-order valence-electron chi connectivity index (χ1n) is 8.38. The molecule has 1 rings (SSSR count). The molecule has 20 heavy (non-hydrogen) atoms. The van der Waals surface area contributed by atoms with Crippen molar-refractivity contribution in [1.29, 1.82) is 0 Å². The summed E-state index contributed by atoms with van der Waals surface area (Å²) in [6.45, 7) is 11.3. The molecule has 0 spiro atoms. The van der Waals surface area contributed by atoms with Gasteiger partial charge >= 0.3 is 0 Å². The number of nitrogens with one attached hydrogen (secondary N) is 1. The molecule has 1 aliphatic carbocycles. The van der Waals surface area contributed by atoms with Crippen LogP contribution < -0.4 is 5.32 Å². The lowest BCUT2D eigenvalue weighted by molar-refractivity contribution is 0.0907. The minimum atomic E-state index is 0.485. The highest BCUT2D eigenvalue weighted by Gasteiger charge is 2.34. The minimum absolute atomic E-state index is 0.485. The zero-order chi connectivity index (χ0) is 15.0. The Morgan fingerprint density at radius 3 is 2.50 bits per heavy atom. The fourth-order valence-corrected chi connectivity index (χ4v) is 3.32. The Kier molecular flexibility index (Phi) is 8.08. The van der Waals surface area contributed by atoms with Crippen molar-refractivity contribution in [2.75, 3.05) is 40.4 Å². The number of rotatable bonds is 9. The van der Waals surface area contributed by atoms with Gasteiger partial charge in [-0.1, -0.05) is 33.6 Å². The minimum Gasteiger partial charge on any atom is -0.385 e. The molecule has 0 radical (unpaired) electrons. The van der Waals surface area contributed by atoms with Gasteiger partial charge in [0.25, 0.3) is 0 Å². The fourth-order valence-electron chi connectivity index (χ4n) is 3.32. The molecular weight excluding hydrogens is 248 g/mol. The van der Waals surface area contributed by atoms with Crippen LogP contribution in [0.25, 0.3) is 0 Å². The third kappa shape index (κ3) is 6.55. The second-order valence-corrected chi connectivity index (χ2v) is 7.30. The van der Waals surface area contributed by atoms with E-state index in [2.05, 4.69) is 38.0 Å². The fraction of sp³-hybridized carbons (Fsp3) is 1.00. The molecule has 1 fully saturated rings. The van der Waals surface area contributed by atoms with Gasteiger partial charge in [-0.15, -0.1) is 0 Å². The van der Waals surface area contributed by atoms with Crippen LogP contribution in [0.1, 0.15) is 52.9 Å². The zero-order valence-electron chi connectivity index (χ0n) is 14.4. The van der Waals surface area contributed by atoms with Gasteiger partial charge in [0.05, 0.1) is 0 Å². The average Bonchev–Trinajstić information content (AvgIpc) is 2.40. The summed E-state index contributed by atoms with van der Waals surface area (Å²) in [4.78, 5) is 2.51. The van der Waals surface area contributed by atoms with Crippen LogP contribution in [0.3, 0.4) is 0 Å². The third-order valence-corrected chi connectivity index (χ3v) is 4.71. The molecule has 120 valence electrons. The van der Waals surface area contributed by atoms with Crippen LogP contribution in [-0.4, -0.2) is 51.3 Å². The normalized spacial score (nSPS) is 27.4. The number of ether oxygens (including phenoxy) is 1. The van der Waals surface area contributed by atoms with Gasteiger partial charge in [0, 0.05) is 39.4 Å². The molecule has 0 heterocycles. The standard InChI is InChI=1S/C17H36N2O/c1-15(2)18-13-17(9-7-16(3)8-10-17)14-19(4)11-6-12-20-5/h15-16,18H,6-14H2,1-5H3. The van der Waals surface area contributed by atoms with E-state index in [1.54, 1.807) is 7.11 Å². The molecular formula is C17H36N2O. The van der Waals surface area contributed by atoms with Gasteiger partial charge in [-0.05, 0) is 37.6 Å². The van der Waals surface area contributed by atoms with E-state index in [0.717, 1.165) is 25.5 Å². The van der Waals surface area contributed by atoms with Crippen molar-refractivity contribution in [3.8, 4) is 0 Å². The number of hydrogen-bond acceptors (Lipinski definition) is 3. The van der Waals surface area contributed by atoms with Crippen LogP contribution in [0.4, 0.5) is 0 Å². The Balaban J connectivity index is 2.49. The number of hydrogen-bond donors (Lipinski definition) is 1. The van der Waals surface area contributed by atoms with E-state index in [0.29, 0.717) is 11.5 Å². The van der Waals surface area contributed by atoms with Gasteiger partial charge in [0.2, 0.25) is 0 Å². The van der Waals surface area contributed by atoms with Crippen LogP contribution >= 0.6 is 0 Å². The van der Waals surface area contributed by atoms with E-state index in [1.165, 1.54) is 38.8 Å². The molecule has 1 saturated carbocycles. The largest absolute Gasteiger partial charge is 0.385 e. The van der Waals surface area contributed by atoms with Crippen molar-refractivity contribution in [3.05, 3.63) is 0 Å². The Bertz CT molecular complexity index is 247. The molecule has 0 aromatic rings. The predicted octanol–water partition coefficient (Wildman–Crippen LogP) is 3.15. The molecule has 0 aliphatic heterocycles. The highest BCUT2D eigenvalue weighted by atomic mass is 16.5. The number of methoxy groups -OCH3 is 1. The van der Waals surface area contributed by atoms with E-state index in [9.17, 15) is 0 Å². The summed E-state index contributed by atoms with van der Waals surface area (Å²) in [6, 6.07) is 0.588. The number of nitrogens with zero attached hydrogens (tertiary/aromatic N) is 1. The summed E-state index contributed by atoms with van der Waals surface area (Å²) in [7, 11) is 4.06. The van der Waals surface area contributed by atoms with Crippen LogP contribution in [0.5, 0.6) is 0 Å². The van der Waals surface area contributed by atoms with E-state index in [1.807, 2.05) is 0 Å². The van der Waals surface area contributed by atoms with Crippen LogP contribution in [0.15, 0.2) is 0 Å². The van der Waals surface area contributed by atoms with Crippen LogP contribution in [0.2, 0.25) is 0 Å². The second kappa shape index (κ2) is 9.01. The molecule has 0 aromatic heterocycles. The molecule has 0 atom stereocenters. The maximum Gasteiger partial charge on any atom is 0.0474 e. The van der Waals surface area contributed by atoms with Crippen molar-refractivity contribution >= 4 is 0 Å². The maximum absolute atomic E-state index is 5.16. The summed E-state index contributed by atoms with van der Waals surface area (Å²) in [6.07, 6.45) is 6.68. The summed E-state index contributed by atoms with van der Waals surface area (Å²) < 4.78 is 5.16. The molecule has 0 aromatic carbocycles. The van der Waals surface area contributed by atoms with E-state index in [4.69, 9.17) is 4.74 Å². The summed E-state index contributed by atoms with van der Waals surface area (Å²) >= 11 is 0. The van der Waals surface area contributed by atoms with E-state index < -0.39 is 0 Å². The maximum atomic E-state index is 5.16. The van der Waals surface area contributed by atoms with Gasteiger partial charge < -0.3 is 15.0 Å². The van der Waals surface area contributed by atoms with Gasteiger partial charge in [-0.3, -0.25) is 0 Å². The molecule has 0 amide bonds. The Morgan fingerprint density at radius 2 is 1.95 bits per heavy atom. The van der Waals surface area contributed by atoms with Crippen molar-refractivity contribution in [3.63, 3.8) is 0 Å². The topological polar surface area (TPSA) is 24.5 Å². The molecule has 3 heteroatoms. The Labute approximate surface area is 126 Å². The summed E-state index contributed by atoms with van der Waals surface area (Å²) in [5.41, 5.74) is 0.485. The first-order chi connectivity index (χ1) is 9.47. The quantitative estimate of drug-likeness (QED) is 0.658. The van der Waals surface area contributed by atoms with Gasteiger partial charge in [0.1, 0.15) is 0 Å². The third-order valence-electron chi connectivity index (χ3n) is 4.71. The lowest BCUT2D eigenvalue weighted by atomic mass is 9.70. The van der Waals surface area contributed by atoms with Crippen molar-refractivity contribution in [1.82, 2.24) is 10.2 Å². The molecule has 0 bridgehead atoms. The van der Waals surface area contributed by atoms with Gasteiger partial charge in [-0.2, -0.15) is 0 Å². The van der Waals surface area contributed by atoms with Gasteiger partial charge in [-0.25, -0.2) is 0 Å². The van der Waals surface area contributed by atoms with Crippen LogP contribution in [-0.2, 0) is 4.74 Å². The lowest BCUT2D eigenvalue weighted by Gasteiger charge is -2.42. The first kappa shape index (κ1) is 17.9. The Morgan fingerprint density at radius 1 is 1.30 bits per heavy atom. The molecule has 1 N–H and O–H groups in total. The van der Waals surface area contributed by atoms with Crippen molar-refractivity contribution in [2.24, 2.45) is 11.3 Å². The SMILES string of the molecule is COCCCN(C)CC1(CNC(C)C)CCC(C)CC1. The highest BCUT2D eigenvalue weighted by molar-refractivity contribution is 4.89. The molecule has 0 saturated heterocycles. The monoisotopic (exact) mass is 284 g/mol. The lowest BCUT2D eigenvalue weighted by Crippen LogP contribution is -2.46. The first-order valence-corrected chi connectivity index (χ1v) is 8.38. The van der Waals surface area contributed by atoms with Crippen LogP contribution in [0, 0.1) is 11.3 Å². The second-order valence-electron chi connectivity index (χ2n) is 7.30. The van der Waals surface area contributed by atoms with Gasteiger partial charge in [0.15, 0.2) is 0 Å². The zero-order valence-corrected chi connectivity index (χ0v) is 14.4. The summed E-state index contributed by atoms with van der Waals surface area (Å²) in [5.74, 6) is 0.918. The molecule has 1 aliphatic rings. The average molecular weight is 284 g/mol. The summed E-state index contributed by atoms with van der Waals surface area (Å²) in [5, 5.41) is 3.69. The molecule has 0 unspecified atom stereocenters. The van der Waals surface area contributed by atoms with E-state index >= 15 is 0 Å². The smallest absolute Gasteiger partial charge is 0.0474 e. The predicted molar refractivity (Wildman–Crippen MR) is 87.2 cm³/mol. The molecule has 3 nitrogen and oxygen atoms in total.